The van der Waals surface area contributed by atoms with Crippen molar-refractivity contribution >= 4 is 11.9 Å². The first-order valence-corrected chi connectivity index (χ1v) is 32.1. The number of unbranched alkanes of at least 4 members (excludes halogenated alkanes) is 47. The summed E-state index contributed by atoms with van der Waals surface area (Å²) in [4.78, 5) is 24.4. The van der Waals surface area contributed by atoms with Crippen molar-refractivity contribution in [2.75, 3.05) is 13.2 Å². The van der Waals surface area contributed by atoms with Crippen LogP contribution in [0.25, 0.3) is 0 Å². The van der Waals surface area contributed by atoms with Crippen LogP contribution >= 0.6 is 0 Å². The summed E-state index contributed by atoms with van der Waals surface area (Å²) >= 11 is 0. The zero-order valence-electron chi connectivity index (χ0n) is 48.0. The van der Waals surface area contributed by atoms with Gasteiger partial charge in [0.05, 0.1) is 25.4 Å². The number of hydrogen-bond donors (Lipinski definition) is 3. The van der Waals surface area contributed by atoms with E-state index < -0.39 is 12.1 Å². The fourth-order valence-corrected chi connectivity index (χ4v) is 10.0. The van der Waals surface area contributed by atoms with Gasteiger partial charge in [0, 0.05) is 12.8 Å². The van der Waals surface area contributed by atoms with Crippen molar-refractivity contribution in [3.8, 4) is 0 Å². The number of ether oxygens (including phenoxy) is 1. The van der Waals surface area contributed by atoms with E-state index in [9.17, 15) is 19.8 Å². The number of aliphatic hydroxyl groups is 2. The molecule has 0 bridgehead atoms. The van der Waals surface area contributed by atoms with E-state index >= 15 is 0 Å². The highest BCUT2D eigenvalue weighted by Crippen LogP contribution is 2.18. The van der Waals surface area contributed by atoms with Crippen LogP contribution in [0.5, 0.6) is 0 Å². The summed E-state index contributed by atoms with van der Waals surface area (Å²) in [6.45, 7) is 4.88. The molecule has 0 fully saturated rings. The molecule has 0 saturated carbocycles. The molecule has 1 amide bonds. The molecular weight excluding hydrogens is 875 g/mol. The van der Waals surface area contributed by atoms with Gasteiger partial charge in [0.25, 0.3) is 0 Å². The predicted octanol–water partition coefficient (Wildman–Crippen LogP) is 20.2. The van der Waals surface area contributed by atoms with Gasteiger partial charge in [-0.1, -0.05) is 314 Å². The van der Waals surface area contributed by atoms with Gasteiger partial charge in [0.15, 0.2) is 0 Å². The Kier molecular flexibility index (Phi) is 59.5. The van der Waals surface area contributed by atoms with Crippen molar-refractivity contribution in [3.63, 3.8) is 0 Å². The molecule has 2 unspecified atom stereocenters. The molecule has 0 aliphatic heterocycles. The van der Waals surface area contributed by atoms with Crippen LogP contribution in [-0.2, 0) is 14.3 Å². The highest BCUT2D eigenvalue weighted by atomic mass is 16.5. The molecule has 0 aromatic heterocycles. The monoisotopic (exact) mass is 1000 g/mol. The molecule has 71 heavy (non-hydrogen) atoms. The van der Waals surface area contributed by atoms with E-state index in [1.807, 2.05) is 6.08 Å². The molecule has 0 spiro atoms. The van der Waals surface area contributed by atoms with E-state index in [1.165, 1.54) is 283 Å². The van der Waals surface area contributed by atoms with E-state index in [-0.39, 0.29) is 18.5 Å². The molecule has 0 saturated heterocycles. The second-order valence-electron chi connectivity index (χ2n) is 22.1. The Morgan fingerprint density at radius 2 is 0.676 bits per heavy atom. The summed E-state index contributed by atoms with van der Waals surface area (Å²) < 4.78 is 5.46. The molecular formula is C65H125NO5. The fraction of sp³-hybridized carbons (Fsp3) is 0.908. The Bertz CT molecular complexity index is 1110. The van der Waals surface area contributed by atoms with Gasteiger partial charge >= 0.3 is 5.97 Å². The molecule has 6 nitrogen and oxygen atoms in total. The Morgan fingerprint density at radius 1 is 0.380 bits per heavy atom. The highest BCUT2D eigenvalue weighted by Gasteiger charge is 2.18. The minimum atomic E-state index is -0.840. The van der Waals surface area contributed by atoms with E-state index in [1.54, 1.807) is 6.08 Å². The minimum Gasteiger partial charge on any atom is -0.466 e. The number of carbonyl (C=O) groups is 2. The molecule has 0 aromatic carbocycles. The third kappa shape index (κ3) is 57.5. The van der Waals surface area contributed by atoms with Crippen molar-refractivity contribution < 1.29 is 24.5 Å². The van der Waals surface area contributed by atoms with Gasteiger partial charge in [-0.15, -0.1) is 0 Å². The first-order valence-electron chi connectivity index (χ1n) is 32.1. The Balaban J connectivity index is 3.34. The van der Waals surface area contributed by atoms with Crippen molar-refractivity contribution in [3.05, 3.63) is 24.3 Å². The van der Waals surface area contributed by atoms with Crippen LogP contribution < -0.4 is 5.32 Å². The molecule has 2 atom stereocenters. The van der Waals surface area contributed by atoms with Crippen LogP contribution in [0.15, 0.2) is 24.3 Å². The Labute approximate surface area is 443 Å². The molecule has 420 valence electrons. The maximum Gasteiger partial charge on any atom is 0.305 e. The van der Waals surface area contributed by atoms with Crippen LogP contribution in [0.1, 0.15) is 354 Å². The zero-order chi connectivity index (χ0) is 51.4. The number of carbonyl (C=O) groups excluding carboxylic acids is 2. The number of amides is 1. The van der Waals surface area contributed by atoms with Crippen molar-refractivity contribution in [1.29, 1.82) is 0 Å². The van der Waals surface area contributed by atoms with Crippen LogP contribution in [0.4, 0.5) is 0 Å². The van der Waals surface area contributed by atoms with E-state index in [2.05, 4.69) is 31.3 Å². The van der Waals surface area contributed by atoms with Gasteiger partial charge in [-0.25, -0.2) is 0 Å². The topological polar surface area (TPSA) is 95.9 Å². The lowest BCUT2D eigenvalue weighted by Gasteiger charge is -2.20. The highest BCUT2D eigenvalue weighted by molar-refractivity contribution is 5.76. The average Bonchev–Trinajstić information content (AvgIpc) is 3.37. The lowest BCUT2D eigenvalue weighted by atomic mass is 10.0. The van der Waals surface area contributed by atoms with Gasteiger partial charge in [-0.2, -0.15) is 0 Å². The molecule has 0 aliphatic rings. The van der Waals surface area contributed by atoms with E-state index in [0.29, 0.717) is 19.4 Å². The summed E-state index contributed by atoms with van der Waals surface area (Å²) in [6, 6.07) is -0.623. The quantitative estimate of drug-likeness (QED) is 0.0320. The molecule has 0 radical (unpaired) electrons. The summed E-state index contributed by atoms with van der Waals surface area (Å²) in [6.07, 6.45) is 75.3. The maximum absolute atomic E-state index is 12.5. The zero-order valence-corrected chi connectivity index (χ0v) is 48.0. The van der Waals surface area contributed by atoms with Crippen molar-refractivity contribution in [2.45, 2.75) is 366 Å². The van der Waals surface area contributed by atoms with Gasteiger partial charge in [0.2, 0.25) is 5.91 Å². The molecule has 0 aromatic rings. The molecule has 0 heterocycles. The molecule has 0 aliphatic carbocycles. The minimum absolute atomic E-state index is 0.00880. The molecule has 3 N–H and O–H groups in total. The number of allylic oxidation sites excluding steroid dienone is 3. The molecule has 6 heteroatoms. The normalized spacial score (nSPS) is 12.7. The summed E-state index contributed by atoms with van der Waals surface area (Å²) in [5.74, 6) is -0.0542. The largest absolute Gasteiger partial charge is 0.466 e. The Morgan fingerprint density at radius 3 is 1.04 bits per heavy atom. The van der Waals surface area contributed by atoms with Crippen LogP contribution in [0.3, 0.4) is 0 Å². The number of rotatable bonds is 60. The summed E-state index contributed by atoms with van der Waals surface area (Å²) in [7, 11) is 0. The predicted molar refractivity (Wildman–Crippen MR) is 310 cm³/mol. The third-order valence-corrected chi connectivity index (χ3v) is 15.0. The van der Waals surface area contributed by atoms with Gasteiger partial charge < -0.3 is 20.3 Å². The van der Waals surface area contributed by atoms with Crippen LogP contribution in [0.2, 0.25) is 0 Å². The first-order chi connectivity index (χ1) is 35.0. The second-order valence-corrected chi connectivity index (χ2v) is 22.1. The van der Waals surface area contributed by atoms with Crippen LogP contribution in [0, 0.1) is 0 Å². The lowest BCUT2D eigenvalue weighted by Crippen LogP contribution is -2.45. The number of hydrogen-bond acceptors (Lipinski definition) is 5. The fourth-order valence-electron chi connectivity index (χ4n) is 10.0. The summed E-state index contributed by atoms with van der Waals surface area (Å²) in [5.41, 5.74) is 0. The molecule has 0 rings (SSSR count). The van der Waals surface area contributed by atoms with Crippen LogP contribution in [-0.4, -0.2) is 47.4 Å². The smallest absolute Gasteiger partial charge is 0.305 e. The van der Waals surface area contributed by atoms with Gasteiger partial charge in [-0.3, -0.25) is 9.59 Å². The second kappa shape index (κ2) is 60.9. The average molecular weight is 1000 g/mol. The third-order valence-electron chi connectivity index (χ3n) is 15.0. The van der Waals surface area contributed by atoms with E-state index in [0.717, 1.165) is 44.9 Å². The Hall–Kier alpha value is -1.66. The maximum atomic E-state index is 12.5. The van der Waals surface area contributed by atoms with Gasteiger partial charge in [-0.05, 0) is 51.4 Å². The van der Waals surface area contributed by atoms with E-state index in [4.69, 9.17) is 4.74 Å². The first kappa shape index (κ1) is 69.3. The standard InChI is InChI=1S/C65H125NO5/c1-3-5-7-9-11-13-15-34-38-41-45-49-53-57-63(68)62(61-67)66-64(69)58-54-50-46-42-39-35-32-30-28-26-24-22-20-18-16-17-19-21-23-25-27-29-31-33-36-40-44-48-52-56-60-71-65(70)59-55-51-47-43-37-14-12-10-8-6-4-2/h10,12,53,57,62-63,67-68H,3-9,11,13-52,54-56,58-61H2,1-2H3,(H,66,69)/b12-10-,57-53+. The summed E-state index contributed by atoms with van der Waals surface area (Å²) in [5, 5.41) is 23.1. The van der Waals surface area contributed by atoms with Crippen molar-refractivity contribution in [2.24, 2.45) is 0 Å². The number of aliphatic hydroxyl groups excluding tert-OH is 2. The lowest BCUT2D eigenvalue weighted by molar-refractivity contribution is -0.143. The SMILES string of the molecule is CCCC/C=C\CCCCCCCC(=O)OCCCCCCCCCCCCCCCCCCCCCCCCCCCCCCCCC(=O)NC(CO)C(O)/C=C/CCCCCCCCCCCCC. The van der Waals surface area contributed by atoms with Crippen molar-refractivity contribution in [1.82, 2.24) is 5.32 Å². The van der Waals surface area contributed by atoms with Gasteiger partial charge in [0.1, 0.15) is 0 Å². The number of esters is 1. The number of nitrogens with one attached hydrogen (secondary N) is 1.